The van der Waals surface area contributed by atoms with E-state index in [1.807, 2.05) is 6.92 Å². The molecule has 0 aromatic heterocycles. The summed E-state index contributed by atoms with van der Waals surface area (Å²) in [5, 5.41) is 0. The van der Waals surface area contributed by atoms with Crippen LogP contribution in [0.3, 0.4) is 0 Å². The number of hydrogen-bond acceptors (Lipinski definition) is 3. The van der Waals surface area contributed by atoms with Gasteiger partial charge in [-0.25, -0.2) is 0 Å². The Balaban J connectivity index is 5.16. The van der Waals surface area contributed by atoms with Crippen LogP contribution in [-0.4, -0.2) is 27.2 Å². The van der Waals surface area contributed by atoms with Crippen molar-refractivity contribution in [2.45, 2.75) is 6.92 Å². The quantitative estimate of drug-likeness (QED) is 0.400. The summed E-state index contributed by atoms with van der Waals surface area (Å²) in [6, 6.07) is 0. The maximum Gasteiger partial charge on any atom is 0.202 e. The molecule has 0 aliphatic carbocycles. The van der Waals surface area contributed by atoms with Gasteiger partial charge in [0.25, 0.3) is 0 Å². The molecule has 0 aliphatic rings. The summed E-state index contributed by atoms with van der Waals surface area (Å²) in [5.41, 5.74) is 0.965. The van der Waals surface area contributed by atoms with E-state index in [4.69, 9.17) is 25.8 Å². The van der Waals surface area contributed by atoms with Crippen molar-refractivity contribution in [1.82, 2.24) is 0 Å². The van der Waals surface area contributed by atoms with Gasteiger partial charge in [0.1, 0.15) is 0 Å². The van der Waals surface area contributed by atoms with E-state index in [1.54, 1.807) is 13.2 Å². The fourth-order valence-corrected chi connectivity index (χ4v) is 1.00. The van der Waals surface area contributed by atoms with Crippen molar-refractivity contribution in [3.63, 3.8) is 0 Å². The molecule has 0 spiro atoms. The van der Waals surface area contributed by atoms with Crippen molar-refractivity contribution in [3.05, 3.63) is 35.5 Å². The van der Waals surface area contributed by atoms with E-state index in [9.17, 15) is 0 Å². The minimum atomic E-state index is 0.410. The summed E-state index contributed by atoms with van der Waals surface area (Å²) in [6.45, 7) is 5.60. The maximum atomic E-state index is 5.67. The number of allylic oxidation sites excluding steroid dienone is 2. The lowest BCUT2D eigenvalue weighted by atomic mass is 10.2. The molecule has 0 radical (unpaired) electrons. The van der Waals surface area contributed by atoms with Crippen molar-refractivity contribution in [3.8, 4) is 0 Å². The first kappa shape index (κ1) is 13.9. The molecule has 0 amide bonds. The van der Waals surface area contributed by atoms with Gasteiger partial charge >= 0.3 is 0 Å². The highest BCUT2D eigenvalue weighted by atomic mass is 35.5. The van der Waals surface area contributed by atoms with Crippen LogP contribution in [-0.2, 0) is 14.2 Å². The van der Waals surface area contributed by atoms with Crippen molar-refractivity contribution in [1.29, 1.82) is 0 Å². The lowest BCUT2D eigenvalue weighted by Crippen LogP contribution is -2.00. The van der Waals surface area contributed by atoms with Gasteiger partial charge in [-0.2, -0.15) is 0 Å². The molecule has 0 atom stereocenters. The number of rotatable bonds is 6. The zero-order chi connectivity index (χ0) is 11.8. The van der Waals surface area contributed by atoms with Gasteiger partial charge in [0.05, 0.1) is 21.3 Å². The predicted octanol–water partition coefficient (Wildman–Crippen LogP) is 2.84. The van der Waals surface area contributed by atoms with Crippen LogP contribution >= 0.6 is 11.6 Å². The topological polar surface area (TPSA) is 27.7 Å². The second-order valence-electron chi connectivity index (χ2n) is 2.85. The Morgan fingerprint density at radius 1 is 1.20 bits per heavy atom. The summed E-state index contributed by atoms with van der Waals surface area (Å²) in [5.74, 6) is 1.85. The van der Waals surface area contributed by atoms with Crippen LogP contribution in [0.15, 0.2) is 35.5 Å². The summed E-state index contributed by atoms with van der Waals surface area (Å²) in [7, 11) is 4.60. The van der Waals surface area contributed by atoms with Crippen LogP contribution in [0.4, 0.5) is 0 Å². The largest absolute Gasteiger partial charge is 0.493 e. The second-order valence-corrected chi connectivity index (χ2v) is 3.12. The maximum absolute atomic E-state index is 5.67. The van der Waals surface area contributed by atoms with E-state index in [0.717, 1.165) is 5.57 Å². The van der Waals surface area contributed by atoms with Gasteiger partial charge in [-0.05, 0) is 13.0 Å². The van der Waals surface area contributed by atoms with Crippen molar-refractivity contribution in [2.24, 2.45) is 0 Å². The Morgan fingerprint density at radius 3 is 2.13 bits per heavy atom. The van der Waals surface area contributed by atoms with Crippen molar-refractivity contribution in [2.75, 3.05) is 27.2 Å². The zero-order valence-corrected chi connectivity index (χ0v) is 10.4. The number of hydrogen-bond donors (Lipinski definition) is 0. The third kappa shape index (κ3) is 4.30. The molecule has 15 heavy (non-hydrogen) atoms. The molecule has 0 N–H and O–H groups in total. The first-order valence-corrected chi connectivity index (χ1v) is 4.92. The van der Waals surface area contributed by atoms with Gasteiger partial charge in [0, 0.05) is 5.88 Å². The van der Waals surface area contributed by atoms with E-state index >= 15 is 0 Å². The second kappa shape index (κ2) is 7.23. The minimum absolute atomic E-state index is 0.410. The first-order chi connectivity index (χ1) is 7.10. The van der Waals surface area contributed by atoms with Gasteiger partial charge in [0.15, 0.2) is 11.5 Å². The molecule has 0 heterocycles. The van der Waals surface area contributed by atoms with Crippen LogP contribution in [0.5, 0.6) is 0 Å². The minimum Gasteiger partial charge on any atom is -0.493 e. The van der Waals surface area contributed by atoms with Gasteiger partial charge in [-0.15, -0.1) is 11.6 Å². The molecule has 3 nitrogen and oxygen atoms in total. The summed E-state index contributed by atoms with van der Waals surface area (Å²) >= 11 is 5.67. The van der Waals surface area contributed by atoms with Crippen molar-refractivity contribution >= 4 is 11.6 Å². The molecule has 0 saturated carbocycles. The Labute approximate surface area is 96.0 Å². The van der Waals surface area contributed by atoms with Gasteiger partial charge in [-0.1, -0.05) is 12.2 Å². The molecule has 0 aromatic carbocycles. The van der Waals surface area contributed by atoms with E-state index in [1.165, 1.54) is 14.2 Å². The lowest BCUT2D eigenvalue weighted by molar-refractivity contribution is 0.192. The lowest BCUT2D eigenvalue weighted by Gasteiger charge is -2.12. The molecule has 0 aromatic rings. The average Bonchev–Trinajstić information content (AvgIpc) is 2.27. The van der Waals surface area contributed by atoms with Crippen LogP contribution in [0.1, 0.15) is 6.92 Å². The SMILES string of the molecule is C=C(OC)/C(OC)=C(\C=C(\C)CCl)OC. The Kier molecular flexibility index (Phi) is 6.71. The fraction of sp³-hybridized carbons (Fsp3) is 0.455. The van der Waals surface area contributed by atoms with Gasteiger partial charge in [0.2, 0.25) is 5.76 Å². The van der Waals surface area contributed by atoms with Crippen molar-refractivity contribution < 1.29 is 14.2 Å². The van der Waals surface area contributed by atoms with Crippen LogP contribution in [0, 0.1) is 0 Å². The molecule has 0 aliphatic heterocycles. The Morgan fingerprint density at radius 2 is 1.80 bits per heavy atom. The molecule has 86 valence electrons. The Hall–Kier alpha value is -1.09. The zero-order valence-electron chi connectivity index (χ0n) is 9.59. The smallest absolute Gasteiger partial charge is 0.202 e. The molecule has 0 saturated heterocycles. The molecule has 0 unspecified atom stereocenters. The van der Waals surface area contributed by atoms with Gasteiger partial charge < -0.3 is 14.2 Å². The summed E-state index contributed by atoms with van der Waals surface area (Å²) < 4.78 is 15.3. The summed E-state index contributed by atoms with van der Waals surface area (Å²) in [4.78, 5) is 0. The highest BCUT2D eigenvalue weighted by Gasteiger charge is 2.10. The molecule has 0 rings (SSSR count). The normalized spacial score (nSPS) is 13.0. The highest BCUT2D eigenvalue weighted by molar-refractivity contribution is 6.19. The number of alkyl halides is 1. The summed E-state index contributed by atoms with van der Waals surface area (Å²) in [6.07, 6.45) is 1.79. The molecular weight excluding hydrogens is 216 g/mol. The number of ether oxygens (including phenoxy) is 3. The third-order valence-corrected chi connectivity index (χ3v) is 2.16. The highest BCUT2D eigenvalue weighted by Crippen LogP contribution is 2.18. The Bertz CT molecular complexity index is 280. The molecule has 0 bridgehead atoms. The molecule has 0 fully saturated rings. The van der Waals surface area contributed by atoms with E-state index in [0.29, 0.717) is 23.2 Å². The molecule has 4 heteroatoms. The van der Waals surface area contributed by atoms with E-state index in [-0.39, 0.29) is 0 Å². The monoisotopic (exact) mass is 232 g/mol. The number of methoxy groups -OCH3 is 3. The standard InChI is InChI=1S/C11H17ClO3/c1-8(7-12)6-10(14-4)11(15-5)9(2)13-3/h6H,2,7H2,1,3-5H3/b8-6-,11-10-. The predicted molar refractivity (Wildman–Crippen MR) is 61.7 cm³/mol. The van der Waals surface area contributed by atoms with Crippen LogP contribution < -0.4 is 0 Å². The molecular formula is C11H17ClO3. The first-order valence-electron chi connectivity index (χ1n) is 4.39. The third-order valence-electron chi connectivity index (χ3n) is 1.74. The van der Waals surface area contributed by atoms with Crippen LogP contribution in [0.2, 0.25) is 0 Å². The van der Waals surface area contributed by atoms with Crippen LogP contribution in [0.25, 0.3) is 0 Å². The fourth-order valence-electron chi connectivity index (χ4n) is 0.924. The van der Waals surface area contributed by atoms with E-state index < -0.39 is 0 Å². The van der Waals surface area contributed by atoms with E-state index in [2.05, 4.69) is 6.58 Å². The van der Waals surface area contributed by atoms with Gasteiger partial charge in [-0.3, -0.25) is 0 Å². The average molecular weight is 233 g/mol. The number of halogens is 1.